The van der Waals surface area contributed by atoms with Crippen LogP contribution in [0.1, 0.15) is 25.8 Å². The van der Waals surface area contributed by atoms with Gasteiger partial charge in [0.15, 0.2) is 0 Å². The molecule has 1 unspecified atom stereocenters. The second-order valence-corrected chi connectivity index (χ2v) is 6.74. The monoisotopic (exact) mass is 319 g/mol. The molecule has 0 aliphatic heterocycles. The van der Waals surface area contributed by atoms with Crippen LogP contribution in [0.4, 0.5) is 0 Å². The Labute approximate surface area is 136 Å². The Kier molecular flexibility index (Phi) is 5.04. The molecule has 0 amide bonds. The van der Waals surface area contributed by atoms with Gasteiger partial charge in [-0.05, 0) is 36.0 Å². The summed E-state index contributed by atoms with van der Waals surface area (Å²) in [6.45, 7) is 8.27. The van der Waals surface area contributed by atoms with E-state index in [1.165, 1.54) is 6.33 Å². The van der Waals surface area contributed by atoms with E-state index in [9.17, 15) is 5.11 Å². The number of nitrogens with zero attached hydrogens (tertiary/aromatic N) is 3. The van der Waals surface area contributed by atoms with Gasteiger partial charge in [-0.1, -0.05) is 43.7 Å². The van der Waals surface area contributed by atoms with Crippen molar-refractivity contribution in [1.82, 2.24) is 14.8 Å². The molecule has 1 aromatic heterocycles. The number of benzene rings is 1. The molecular formula is C17H22ClN3O. The van der Waals surface area contributed by atoms with Crippen LogP contribution in [0, 0.1) is 5.41 Å². The van der Waals surface area contributed by atoms with E-state index < -0.39 is 5.60 Å². The molecule has 2 aromatic rings. The first-order chi connectivity index (χ1) is 10.4. The second-order valence-electron chi connectivity index (χ2n) is 6.30. The number of aromatic nitrogens is 3. The largest absolute Gasteiger partial charge is 0.387 e. The van der Waals surface area contributed by atoms with Crippen LogP contribution in [-0.2, 0) is 13.0 Å². The summed E-state index contributed by atoms with van der Waals surface area (Å²) in [7, 11) is 0. The van der Waals surface area contributed by atoms with Gasteiger partial charge in [-0.3, -0.25) is 4.68 Å². The van der Waals surface area contributed by atoms with Gasteiger partial charge in [-0.2, -0.15) is 5.10 Å². The van der Waals surface area contributed by atoms with Gasteiger partial charge in [0.05, 0.1) is 12.1 Å². The molecule has 0 saturated carbocycles. The van der Waals surface area contributed by atoms with Crippen molar-refractivity contribution in [2.45, 2.75) is 38.8 Å². The normalized spacial score (nSPS) is 14.5. The molecule has 0 aliphatic carbocycles. The lowest BCUT2D eigenvalue weighted by Gasteiger charge is -2.42. The zero-order valence-electron chi connectivity index (χ0n) is 13.0. The third-order valence-corrected chi connectivity index (χ3v) is 4.44. The van der Waals surface area contributed by atoms with E-state index in [0.29, 0.717) is 18.0 Å². The molecular weight excluding hydrogens is 298 g/mol. The number of halogens is 1. The molecule has 1 heterocycles. The first-order valence-corrected chi connectivity index (χ1v) is 7.64. The van der Waals surface area contributed by atoms with Gasteiger partial charge in [-0.25, -0.2) is 4.98 Å². The lowest BCUT2D eigenvalue weighted by Crippen LogP contribution is -2.49. The highest BCUT2D eigenvalue weighted by molar-refractivity contribution is 6.30. The van der Waals surface area contributed by atoms with Crippen molar-refractivity contribution >= 4 is 11.6 Å². The van der Waals surface area contributed by atoms with Crippen LogP contribution in [0.5, 0.6) is 0 Å². The molecule has 0 bridgehead atoms. The maximum absolute atomic E-state index is 11.2. The lowest BCUT2D eigenvalue weighted by atomic mass is 9.69. The van der Waals surface area contributed by atoms with Gasteiger partial charge in [0, 0.05) is 5.02 Å². The fourth-order valence-electron chi connectivity index (χ4n) is 2.65. The number of hydrogen-bond donors (Lipinski definition) is 1. The summed E-state index contributed by atoms with van der Waals surface area (Å²) in [6, 6.07) is 7.73. The highest BCUT2D eigenvalue weighted by Gasteiger charge is 2.43. The maximum atomic E-state index is 11.2. The van der Waals surface area contributed by atoms with Gasteiger partial charge >= 0.3 is 0 Å². The summed E-state index contributed by atoms with van der Waals surface area (Å²) in [5.41, 5.74) is -0.209. The first kappa shape index (κ1) is 16.7. The molecule has 0 fully saturated rings. The fourth-order valence-corrected chi connectivity index (χ4v) is 2.78. The topological polar surface area (TPSA) is 50.9 Å². The molecule has 5 heteroatoms. The van der Waals surface area contributed by atoms with Crippen molar-refractivity contribution in [3.8, 4) is 0 Å². The Morgan fingerprint density at radius 3 is 2.55 bits per heavy atom. The highest BCUT2D eigenvalue weighted by atomic mass is 35.5. The summed E-state index contributed by atoms with van der Waals surface area (Å²) in [4.78, 5) is 3.94. The van der Waals surface area contributed by atoms with Crippen LogP contribution in [0.25, 0.3) is 0 Å². The molecule has 118 valence electrons. The number of rotatable bonds is 7. The summed E-state index contributed by atoms with van der Waals surface area (Å²) < 4.78 is 1.66. The zero-order chi connectivity index (χ0) is 16.2. The molecule has 0 spiro atoms. The molecule has 4 nitrogen and oxygen atoms in total. The van der Waals surface area contributed by atoms with Crippen molar-refractivity contribution in [3.05, 3.63) is 60.2 Å². The third-order valence-electron chi connectivity index (χ3n) is 4.19. The molecule has 1 aromatic carbocycles. The second kappa shape index (κ2) is 6.63. The lowest BCUT2D eigenvalue weighted by molar-refractivity contribution is -0.0798. The average molecular weight is 320 g/mol. The minimum Gasteiger partial charge on any atom is -0.387 e. The van der Waals surface area contributed by atoms with Crippen molar-refractivity contribution in [3.63, 3.8) is 0 Å². The number of aliphatic hydroxyl groups is 1. The minimum absolute atomic E-state index is 0.374. The predicted molar refractivity (Wildman–Crippen MR) is 88.7 cm³/mol. The highest BCUT2D eigenvalue weighted by Crippen LogP contribution is 2.38. The van der Waals surface area contributed by atoms with Gasteiger partial charge in [0.2, 0.25) is 0 Å². The fraction of sp³-hybridized carbons (Fsp3) is 0.412. The molecule has 2 rings (SSSR count). The third kappa shape index (κ3) is 3.76. The van der Waals surface area contributed by atoms with Crippen LogP contribution in [0.2, 0.25) is 5.02 Å². The Hall–Kier alpha value is -1.65. The Morgan fingerprint density at radius 2 is 2.00 bits per heavy atom. The van der Waals surface area contributed by atoms with Crippen molar-refractivity contribution in [2.24, 2.45) is 5.41 Å². The average Bonchev–Trinajstić information content (AvgIpc) is 2.94. The summed E-state index contributed by atoms with van der Waals surface area (Å²) >= 11 is 5.94. The van der Waals surface area contributed by atoms with Crippen LogP contribution < -0.4 is 0 Å². The minimum atomic E-state index is -0.970. The molecule has 1 atom stereocenters. The summed E-state index contributed by atoms with van der Waals surface area (Å²) in [5, 5.41) is 16.1. The van der Waals surface area contributed by atoms with Crippen LogP contribution in [0.3, 0.4) is 0 Å². The smallest absolute Gasteiger partial charge is 0.137 e. The molecule has 22 heavy (non-hydrogen) atoms. The van der Waals surface area contributed by atoms with E-state index in [1.807, 2.05) is 24.3 Å². The van der Waals surface area contributed by atoms with Crippen molar-refractivity contribution in [2.75, 3.05) is 0 Å². The molecule has 0 radical (unpaired) electrons. The van der Waals surface area contributed by atoms with Crippen molar-refractivity contribution in [1.29, 1.82) is 0 Å². The van der Waals surface area contributed by atoms with E-state index >= 15 is 0 Å². The standard InChI is InChI=1S/C17H22ClN3O/c1-4-9-17(22,11-21-13-19-12-20-21)16(2,3)10-14-5-7-15(18)8-6-14/h4-8,12-13,22H,1,9-11H2,2-3H3. The molecule has 1 N–H and O–H groups in total. The summed E-state index contributed by atoms with van der Waals surface area (Å²) in [6.07, 6.45) is 6.05. The van der Waals surface area contributed by atoms with Crippen LogP contribution in [-0.4, -0.2) is 25.5 Å². The summed E-state index contributed by atoms with van der Waals surface area (Å²) in [5.74, 6) is 0. The quantitative estimate of drug-likeness (QED) is 0.795. The van der Waals surface area contributed by atoms with Gasteiger partial charge < -0.3 is 5.11 Å². The Morgan fingerprint density at radius 1 is 1.32 bits per heavy atom. The van der Waals surface area contributed by atoms with E-state index in [2.05, 4.69) is 30.5 Å². The molecule has 0 saturated heterocycles. The maximum Gasteiger partial charge on any atom is 0.137 e. The van der Waals surface area contributed by atoms with Gasteiger partial charge in [-0.15, -0.1) is 6.58 Å². The van der Waals surface area contributed by atoms with Crippen LogP contribution >= 0.6 is 11.6 Å². The Balaban J connectivity index is 2.24. The predicted octanol–water partition coefficient (Wildman–Crippen LogP) is 3.51. The first-order valence-electron chi connectivity index (χ1n) is 7.26. The van der Waals surface area contributed by atoms with E-state index in [-0.39, 0.29) is 5.41 Å². The molecule has 0 aliphatic rings. The Bertz CT molecular complexity index is 607. The van der Waals surface area contributed by atoms with Gasteiger partial charge in [0.25, 0.3) is 0 Å². The SMILES string of the molecule is C=CCC(O)(Cn1cncn1)C(C)(C)Cc1ccc(Cl)cc1. The van der Waals surface area contributed by atoms with Gasteiger partial charge in [0.1, 0.15) is 12.7 Å². The van der Waals surface area contributed by atoms with E-state index in [0.717, 1.165) is 12.0 Å². The van der Waals surface area contributed by atoms with Crippen LogP contribution in [0.15, 0.2) is 49.6 Å². The van der Waals surface area contributed by atoms with E-state index in [4.69, 9.17) is 11.6 Å². The van der Waals surface area contributed by atoms with E-state index in [1.54, 1.807) is 17.1 Å². The van der Waals surface area contributed by atoms with Crippen molar-refractivity contribution < 1.29 is 5.11 Å². The number of hydrogen-bond acceptors (Lipinski definition) is 3. The zero-order valence-corrected chi connectivity index (χ0v) is 13.8.